The fraction of sp³-hybridized carbons (Fsp3) is 0.429. The minimum Gasteiger partial charge on any atom is -0.484 e. The van der Waals surface area contributed by atoms with E-state index >= 15 is 0 Å². The van der Waals surface area contributed by atoms with E-state index in [1.54, 1.807) is 0 Å². The van der Waals surface area contributed by atoms with Gasteiger partial charge in [-0.05, 0) is 55.5 Å². The zero-order valence-corrected chi connectivity index (χ0v) is 15.7. The normalized spacial score (nSPS) is 22.1. The minimum atomic E-state index is -0.214. The quantitative estimate of drug-likeness (QED) is 0.694. The highest BCUT2D eigenvalue weighted by Crippen LogP contribution is 2.37. The monoisotopic (exact) mass is 375 g/mol. The van der Waals surface area contributed by atoms with Gasteiger partial charge in [-0.2, -0.15) is 5.26 Å². The Morgan fingerprint density at radius 1 is 1.36 bits per heavy atom. The molecule has 0 unspecified atom stereocenters. The molecule has 0 spiro atoms. The van der Waals surface area contributed by atoms with Crippen LogP contribution in [-0.2, 0) is 17.8 Å². The molecule has 1 fully saturated rings. The fourth-order valence-electron chi connectivity index (χ4n) is 3.95. The summed E-state index contributed by atoms with van der Waals surface area (Å²) in [7, 11) is 0. The second kappa shape index (κ2) is 6.88. The molecule has 0 radical (unpaired) electrons. The summed E-state index contributed by atoms with van der Waals surface area (Å²) >= 11 is 0. The lowest BCUT2D eigenvalue weighted by Crippen LogP contribution is -2.26. The molecule has 0 N–H and O–H groups in total. The number of hydrogen-bond donors (Lipinski definition) is 0. The van der Waals surface area contributed by atoms with Crippen molar-refractivity contribution in [1.29, 1.82) is 5.26 Å². The van der Waals surface area contributed by atoms with Crippen LogP contribution in [0.15, 0.2) is 30.6 Å². The number of fused-ring (bicyclic) bond motifs is 3. The van der Waals surface area contributed by atoms with E-state index in [-0.39, 0.29) is 18.1 Å². The van der Waals surface area contributed by atoms with Crippen LogP contribution in [0.1, 0.15) is 48.7 Å². The third-order valence-electron chi connectivity index (χ3n) is 5.72. The van der Waals surface area contributed by atoms with Crippen LogP contribution < -0.4 is 4.74 Å². The summed E-state index contributed by atoms with van der Waals surface area (Å²) in [5.41, 5.74) is 4.23. The van der Waals surface area contributed by atoms with Crippen LogP contribution in [-0.4, -0.2) is 26.6 Å². The van der Waals surface area contributed by atoms with Crippen molar-refractivity contribution in [2.75, 3.05) is 6.61 Å². The number of nitrogens with zero attached hydrogens (tertiary/aromatic N) is 5. The van der Waals surface area contributed by atoms with E-state index in [1.807, 2.05) is 36.1 Å². The molecule has 3 aromatic rings. The topological polar surface area (TPSA) is 85.9 Å². The highest BCUT2D eigenvalue weighted by molar-refractivity contribution is 5.84. The Labute approximate surface area is 162 Å². The molecule has 1 aromatic carbocycles. The third kappa shape index (κ3) is 3.00. The van der Waals surface area contributed by atoms with Gasteiger partial charge in [-0.25, -0.2) is 4.68 Å². The molecule has 142 valence electrons. The van der Waals surface area contributed by atoms with Crippen LogP contribution in [0.3, 0.4) is 0 Å². The largest absolute Gasteiger partial charge is 0.484 e. The van der Waals surface area contributed by atoms with E-state index in [9.17, 15) is 0 Å². The number of rotatable bonds is 4. The molecule has 7 heteroatoms. The van der Waals surface area contributed by atoms with Crippen molar-refractivity contribution in [3.05, 3.63) is 47.4 Å². The van der Waals surface area contributed by atoms with E-state index in [4.69, 9.17) is 14.7 Å². The number of benzene rings is 1. The minimum absolute atomic E-state index is 0.147. The molecule has 2 aliphatic rings. The van der Waals surface area contributed by atoms with E-state index in [0.29, 0.717) is 6.61 Å². The lowest BCUT2D eigenvalue weighted by atomic mass is 9.81. The number of ether oxygens (including phenoxy) is 2. The van der Waals surface area contributed by atoms with Gasteiger partial charge in [0.15, 0.2) is 0 Å². The first-order chi connectivity index (χ1) is 13.7. The molecule has 1 saturated carbocycles. The molecule has 0 saturated heterocycles. The van der Waals surface area contributed by atoms with Crippen molar-refractivity contribution in [3.63, 3.8) is 0 Å². The number of nitriles is 1. The molecule has 7 nitrogen and oxygen atoms in total. The molecule has 3 heterocycles. The van der Waals surface area contributed by atoms with Gasteiger partial charge < -0.3 is 9.47 Å². The summed E-state index contributed by atoms with van der Waals surface area (Å²) in [5, 5.41) is 18.6. The van der Waals surface area contributed by atoms with Crippen molar-refractivity contribution in [2.45, 2.75) is 44.9 Å². The van der Waals surface area contributed by atoms with Gasteiger partial charge in [0.1, 0.15) is 17.5 Å². The van der Waals surface area contributed by atoms with Crippen LogP contribution in [0, 0.1) is 17.2 Å². The average molecular weight is 375 g/mol. The first-order valence-corrected chi connectivity index (χ1v) is 9.67. The van der Waals surface area contributed by atoms with Crippen LogP contribution in [0.4, 0.5) is 0 Å². The zero-order valence-electron chi connectivity index (χ0n) is 15.7. The Balaban J connectivity index is 1.35. The first-order valence-electron chi connectivity index (χ1n) is 9.67. The number of aromatic nitrogens is 4. The van der Waals surface area contributed by atoms with E-state index in [2.05, 4.69) is 27.4 Å². The van der Waals surface area contributed by atoms with Crippen molar-refractivity contribution < 1.29 is 9.47 Å². The molecular weight excluding hydrogens is 354 g/mol. The molecule has 0 bridgehead atoms. The van der Waals surface area contributed by atoms with Crippen LogP contribution in [0.2, 0.25) is 0 Å². The van der Waals surface area contributed by atoms with Gasteiger partial charge in [-0.1, -0.05) is 5.21 Å². The van der Waals surface area contributed by atoms with Gasteiger partial charge in [0.2, 0.25) is 0 Å². The smallest absolute Gasteiger partial charge is 0.141 e. The maximum atomic E-state index is 8.93. The molecule has 5 rings (SSSR count). The zero-order chi connectivity index (χ0) is 19.1. The predicted molar refractivity (Wildman–Crippen MR) is 102 cm³/mol. The highest BCUT2D eigenvalue weighted by atomic mass is 16.5. The molecule has 1 atom stereocenters. The Morgan fingerprint density at radius 2 is 2.25 bits per heavy atom. The lowest BCUT2D eigenvalue weighted by molar-refractivity contribution is 0.111. The van der Waals surface area contributed by atoms with E-state index in [1.165, 1.54) is 5.56 Å². The molecule has 1 aliphatic carbocycles. The van der Waals surface area contributed by atoms with Gasteiger partial charge in [0.05, 0.1) is 43.0 Å². The average Bonchev–Trinajstić information content (AvgIpc) is 3.17. The maximum absolute atomic E-state index is 8.93. The standard InChI is InChI=1S/C21H21N5O2/c1-13(21-11-26(25-24-21)16-6-14(7-16)9-22)28-17-2-3-20-19(8-17)18-4-5-27-12-15(18)10-23-20/h2-3,8,10-11,13-14,16H,4-7,12H2,1H3/t13-,14?,16?/m1/s1. The van der Waals surface area contributed by atoms with Crippen molar-refractivity contribution in [2.24, 2.45) is 5.92 Å². The number of pyridine rings is 1. The number of hydrogen-bond acceptors (Lipinski definition) is 6. The van der Waals surface area contributed by atoms with Gasteiger partial charge in [-0.3, -0.25) is 4.98 Å². The molecule has 2 aromatic heterocycles. The Bertz CT molecular complexity index is 1060. The molecule has 1 aliphatic heterocycles. The third-order valence-corrected chi connectivity index (χ3v) is 5.72. The summed E-state index contributed by atoms with van der Waals surface area (Å²) in [5.74, 6) is 0.943. The molecular formula is C21H21N5O2. The molecule has 28 heavy (non-hydrogen) atoms. The van der Waals surface area contributed by atoms with Gasteiger partial charge in [0, 0.05) is 11.6 Å². The highest BCUT2D eigenvalue weighted by Gasteiger charge is 2.31. The second-order valence-corrected chi connectivity index (χ2v) is 7.58. The Hall–Kier alpha value is -2.98. The van der Waals surface area contributed by atoms with Crippen LogP contribution in [0.5, 0.6) is 5.75 Å². The van der Waals surface area contributed by atoms with Gasteiger partial charge in [-0.15, -0.1) is 5.10 Å². The Kier molecular flexibility index (Phi) is 4.21. The summed E-state index contributed by atoms with van der Waals surface area (Å²) in [6.07, 6.45) is 6.23. The maximum Gasteiger partial charge on any atom is 0.141 e. The Morgan fingerprint density at radius 3 is 3.11 bits per heavy atom. The summed E-state index contributed by atoms with van der Waals surface area (Å²) in [6.45, 7) is 3.34. The first kappa shape index (κ1) is 17.1. The summed E-state index contributed by atoms with van der Waals surface area (Å²) in [6, 6.07) is 8.59. The van der Waals surface area contributed by atoms with Crippen LogP contribution in [0.25, 0.3) is 10.9 Å². The SMILES string of the molecule is C[C@@H](Oc1ccc2ncc3c(c2c1)CCOC3)c1cn(C2CC(C#N)C2)nn1. The molecule has 0 amide bonds. The van der Waals surface area contributed by atoms with Crippen molar-refractivity contribution >= 4 is 10.9 Å². The van der Waals surface area contributed by atoms with E-state index < -0.39 is 0 Å². The summed E-state index contributed by atoms with van der Waals surface area (Å²) in [4.78, 5) is 4.54. The lowest BCUT2D eigenvalue weighted by Gasteiger charge is -2.29. The van der Waals surface area contributed by atoms with Gasteiger partial charge in [0.25, 0.3) is 0 Å². The predicted octanol–water partition coefficient (Wildman–Crippen LogP) is 3.51. The van der Waals surface area contributed by atoms with Crippen molar-refractivity contribution in [1.82, 2.24) is 20.0 Å². The van der Waals surface area contributed by atoms with Gasteiger partial charge >= 0.3 is 0 Å². The van der Waals surface area contributed by atoms with Crippen molar-refractivity contribution in [3.8, 4) is 11.8 Å². The fourth-order valence-corrected chi connectivity index (χ4v) is 3.95. The van der Waals surface area contributed by atoms with Crippen LogP contribution >= 0.6 is 0 Å². The summed E-state index contributed by atoms with van der Waals surface area (Å²) < 4.78 is 13.6. The second-order valence-electron chi connectivity index (χ2n) is 7.58. The van der Waals surface area contributed by atoms with E-state index in [0.717, 1.165) is 53.8 Å².